The van der Waals surface area contributed by atoms with Crippen LogP contribution in [0.15, 0.2) is 12.1 Å². The number of anilines is 1. The lowest BCUT2D eigenvalue weighted by Crippen LogP contribution is -2.19. The van der Waals surface area contributed by atoms with Crippen LogP contribution in [0.25, 0.3) is 11.0 Å². The van der Waals surface area contributed by atoms with Gasteiger partial charge in [0.1, 0.15) is 12.4 Å². The molecule has 0 aliphatic rings. The van der Waals surface area contributed by atoms with Gasteiger partial charge in [-0.25, -0.2) is 9.37 Å². The maximum atomic E-state index is 13.2. The molecule has 3 nitrogen and oxygen atoms in total. The number of fused-ring (bicyclic) bond motifs is 1. The van der Waals surface area contributed by atoms with Gasteiger partial charge >= 0.3 is 6.18 Å². The minimum Gasteiger partial charge on any atom is -0.369 e. The molecular weight excluding hydrogens is 262 g/mol. The normalized spacial score (nSPS) is 12.3. The Balaban J connectivity index is 2.63. The largest absolute Gasteiger partial charge is 0.406 e. The Hall–Kier alpha value is -1.50. The summed E-state index contributed by atoms with van der Waals surface area (Å²) in [6, 6.07) is 2.02. The van der Waals surface area contributed by atoms with Crippen LogP contribution >= 0.6 is 11.6 Å². The second kappa shape index (κ2) is 3.76. The van der Waals surface area contributed by atoms with Crippen LogP contribution in [-0.2, 0) is 6.54 Å². The van der Waals surface area contributed by atoms with Gasteiger partial charge in [0.15, 0.2) is 0 Å². The molecule has 0 amide bonds. The number of halogens is 5. The maximum Gasteiger partial charge on any atom is 0.406 e. The van der Waals surface area contributed by atoms with Crippen LogP contribution in [-0.4, -0.2) is 15.7 Å². The van der Waals surface area contributed by atoms with E-state index < -0.39 is 18.5 Å². The molecule has 2 N–H and O–H groups in total. The molecule has 0 atom stereocenters. The monoisotopic (exact) mass is 267 g/mol. The van der Waals surface area contributed by atoms with Crippen LogP contribution in [0.1, 0.15) is 0 Å². The predicted octanol–water partition coefficient (Wildman–Crippen LogP) is 2.97. The summed E-state index contributed by atoms with van der Waals surface area (Å²) in [5, 5.41) is -0.214. The van der Waals surface area contributed by atoms with Gasteiger partial charge in [-0.3, -0.25) is 0 Å². The zero-order valence-corrected chi connectivity index (χ0v) is 8.98. The van der Waals surface area contributed by atoms with Gasteiger partial charge in [-0.2, -0.15) is 13.2 Å². The fourth-order valence-electron chi connectivity index (χ4n) is 1.48. The van der Waals surface area contributed by atoms with Crippen molar-refractivity contribution in [3.63, 3.8) is 0 Å². The van der Waals surface area contributed by atoms with Crippen molar-refractivity contribution in [2.24, 2.45) is 0 Å². The quantitative estimate of drug-likeness (QED) is 0.807. The summed E-state index contributed by atoms with van der Waals surface area (Å²) in [6.45, 7) is -1.32. The van der Waals surface area contributed by atoms with Crippen LogP contribution < -0.4 is 5.73 Å². The molecule has 0 radical (unpaired) electrons. The highest BCUT2D eigenvalue weighted by Gasteiger charge is 2.30. The Morgan fingerprint density at radius 2 is 2.00 bits per heavy atom. The lowest BCUT2D eigenvalue weighted by Gasteiger charge is -2.09. The SMILES string of the molecule is Nc1nc2cc(Cl)c(F)cc2n1CC(F)(F)F. The Morgan fingerprint density at radius 1 is 1.35 bits per heavy atom. The summed E-state index contributed by atoms with van der Waals surface area (Å²) in [6.07, 6.45) is -4.46. The predicted molar refractivity (Wildman–Crippen MR) is 55.2 cm³/mol. The first-order valence-electron chi connectivity index (χ1n) is 4.45. The fourth-order valence-corrected chi connectivity index (χ4v) is 1.64. The van der Waals surface area contributed by atoms with Gasteiger partial charge in [-0.1, -0.05) is 11.6 Å². The third kappa shape index (κ3) is 2.28. The molecule has 1 aromatic carbocycles. The molecule has 0 saturated heterocycles. The van der Waals surface area contributed by atoms with E-state index in [1.54, 1.807) is 0 Å². The van der Waals surface area contributed by atoms with Gasteiger partial charge in [0.05, 0.1) is 16.1 Å². The van der Waals surface area contributed by atoms with Crippen LogP contribution in [0.3, 0.4) is 0 Å². The Labute approximate surface area is 97.8 Å². The Morgan fingerprint density at radius 3 is 2.59 bits per heavy atom. The summed E-state index contributed by atoms with van der Waals surface area (Å²) < 4.78 is 50.7. The van der Waals surface area contributed by atoms with Crippen molar-refractivity contribution in [2.45, 2.75) is 12.7 Å². The first kappa shape index (κ1) is 12.0. The molecule has 0 aliphatic carbocycles. The topological polar surface area (TPSA) is 43.8 Å². The number of alkyl halides is 3. The second-order valence-corrected chi connectivity index (χ2v) is 3.83. The molecule has 0 saturated carbocycles. The van der Waals surface area contributed by atoms with Gasteiger partial charge in [0.2, 0.25) is 5.95 Å². The fraction of sp³-hybridized carbons (Fsp3) is 0.222. The zero-order chi connectivity index (χ0) is 12.8. The smallest absolute Gasteiger partial charge is 0.369 e. The number of imidazole rings is 1. The molecule has 0 fully saturated rings. The molecule has 0 unspecified atom stereocenters. The van der Waals surface area contributed by atoms with E-state index in [0.717, 1.165) is 12.1 Å². The molecule has 8 heteroatoms. The van der Waals surface area contributed by atoms with Crippen LogP contribution in [0.4, 0.5) is 23.5 Å². The van der Waals surface area contributed by atoms with Crippen molar-refractivity contribution in [3.8, 4) is 0 Å². The highest BCUT2D eigenvalue weighted by molar-refractivity contribution is 6.31. The molecule has 17 heavy (non-hydrogen) atoms. The number of hydrogen-bond acceptors (Lipinski definition) is 2. The molecule has 0 bridgehead atoms. The Kier molecular flexibility index (Phi) is 2.65. The molecule has 2 aromatic rings. The molecule has 92 valence electrons. The number of nitrogen functional groups attached to an aromatic ring is 1. The second-order valence-electron chi connectivity index (χ2n) is 3.43. The minimum atomic E-state index is -4.46. The van der Waals surface area contributed by atoms with Crippen molar-refractivity contribution >= 4 is 28.6 Å². The van der Waals surface area contributed by atoms with Crippen molar-refractivity contribution < 1.29 is 17.6 Å². The molecule has 1 heterocycles. The average molecular weight is 268 g/mol. The van der Waals surface area contributed by atoms with Gasteiger partial charge in [-0.15, -0.1) is 0 Å². The minimum absolute atomic E-state index is 0.0401. The summed E-state index contributed by atoms with van der Waals surface area (Å²) in [5.41, 5.74) is 5.43. The number of rotatable bonds is 1. The van der Waals surface area contributed by atoms with Gasteiger partial charge in [-0.05, 0) is 6.07 Å². The lowest BCUT2D eigenvalue weighted by molar-refractivity contribution is -0.139. The molecule has 2 rings (SSSR count). The van der Waals surface area contributed by atoms with Gasteiger partial charge in [0.25, 0.3) is 0 Å². The third-order valence-corrected chi connectivity index (χ3v) is 2.45. The molecule has 0 aliphatic heterocycles. The summed E-state index contributed by atoms with van der Waals surface area (Å²) in [4.78, 5) is 3.69. The average Bonchev–Trinajstić information content (AvgIpc) is 2.43. The van der Waals surface area contributed by atoms with Crippen molar-refractivity contribution in [2.75, 3.05) is 5.73 Å². The number of nitrogens with zero attached hydrogens (tertiary/aromatic N) is 2. The number of benzene rings is 1. The highest BCUT2D eigenvalue weighted by atomic mass is 35.5. The van der Waals surface area contributed by atoms with Crippen LogP contribution in [0.2, 0.25) is 5.02 Å². The van der Waals surface area contributed by atoms with E-state index in [9.17, 15) is 17.6 Å². The Bertz CT molecular complexity index is 576. The van der Waals surface area contributed by atoms with E-state index in [1.165, 1.54) is 0 Å². The molecule has 0 spiro atoms. The van der Waals surface area contributed by atoms with E-state index >= 15 is 0 Å². The van der Waals surface area contributed by atoms with E-state index in [0.29, 0.717) is 4.57 Å². The maximum absolute atomic E-state index is 13.2. The van der Waals surface area contributed by atoms with Crippen LogP contribution in [0, 0.1) is 5.82 Å². The highest BCUT2D eigenvalue weighted by Crippen LogP contribution is 2.27. The van der Waals surface area contributed by atoms with Crippen molar-refractivity contribution in [1.82, 2.24) is 9.55 Å². The van der Waals surface area contributed by atoms with Crippen molar-refractivity contribution in [1.29, 1.82) is 0 Å². The van der Waals surface area contributed by atoms with Gasteiger partial charge in [0, 0.05) is 6.07 Å². The van der Waals surface area contributed by atoms with E-state index in [1.807, 2.05) is 0 Å². The first-order valence-corrected chi connectivity index (χ1v) is 4.83. The van der Waals surface area contributed by atoms with E-state index in [4.69, 9.17) is 17.3 Å². The zero-order valence-electron chi connectivity index (χ0n) is 8.22. The third-order valence-electron chi connectivity index (χ3n) is 2.16. The standard InChI is InChI=1S/C9H6ClF4N3/c10-4-1-6-7(2-5(4)11)17(8(15)16-6)3-9(12,13)14/h1-2H,3H2,(H2,15,16). The van der Waals surface area contributed by atoms with Gasteiger partial charge < -0.3 is 10.3 Å². The van der Waals surface area contributed by atoms with Crippen molar-refractivity contribution in [3.05, 3.63) is 23.0 Å². The molecular formula is C9H6ClF4N3. The number of hydrogen-bond donors (Lipinski definition) is 1. The summed E-state index contributed by atoms with van der Waals surface area (Å²) in [7, 11) is 0. The van der Waals surface area contributed by atoms with Crippen LogP contribution in [0.5, 0.6) is 0 Å². The van der Waals surface area contributed by atoms with E-state index in [-0.39, 0.29) is 22.0 Å². The summed E-state index contributed by atoms with van der Waals surface area (Å²) in [5.74, 6) is -1.15. The number of nitrogens with two attached hydrogens (primary N) is 1. The summed E-state index contributed by atoms with van der Waals surface area (Å²) >= 11 is 5.50. The molecule has 1 aromatic heterocycles. The lowest BCUT2D eigenvalue weighted by atomic mass is 10.3. The number of aromatic nitrogens is 2. The van der Waals surface area contributed by atoms with E-state index in [2.05, 4.69) is 4.98 Å². The first-order chi connectivity index (χ1) is 7.78.